The Kier molecular flexibility index (Phi) is 6.80. The Hall–Kier alpha value is -4.22. The molecule has 180 valence electrons. The van der Waals surface area contributed by atoms with Crippen molar-refractivity contribution in [3.05, 3.63) is 94.0 Å². The Bertz CT molecular complexity index is 1390. The summed E-state index contributed by atoms with van der Waals surface area (Å²) in [6, 6.07) is 17.6. The average Bonchev–Trinajstić information content (AvgIpc) is 3.30. The third kappa shape index (κ3) is 5.48. The molecular formula is C24H21N3O7S. The molecule has 11 heteroatoms. The first-order valence-electron chi connectivity index (χ1n) is 10.4. The molecule has 1 N–H and O–H groups in total. The van der Waals surface area contributed by atoms with Gasteiger partial charge >= 0.3 is 0 Å². The molecule has 0 atom stereocenters. The highest BCUT2D eigenvalue weighted by molar-refractivity contribution is 7.89. The maximum Gasteiger partial charge on any atom is 0.280 e. The number of nitrogens with one attached hydrogen (secondary N) is 1. The maximum absolute atomic E-state index is 12.9. The van der Waals surface area contributed by atoms with E-state index in [0.717, 1.165) is 11.6 Å². The number of hydrogen-bond acceptors (Lipinski definition) is 7. The van der Waals surface area contributed by atoms with Crippen molar-refractivity contribution >= 4 is 33.4 Å². The van der Waals surface area contributed by atoms with Crippen LogP contribution in [0, 0.1) is 10.1 Å². The van der Waals surface area contributed by atoms with Gasteiger partial charge in [0.15, 0.2) is 11.5 Å². The number of fused-ring (bicyclic) bond motifs is 1. The Morgan fingerprint density at radius 3 is 2.40 bits per heavy atom. The highest BCUT2D eigenvalue weighted by Crippen LogP contribution is 2.38. The number of sulfonamides is 1. The average molecular weight is 496 g/mol. The van der Waals surface area contributed by atoms with Crippen LogP contribution in [0.25, 0.3) is 6.08 Å². The standard InChI is InChI=1S/C24H21N3O7S/c1-26(15-17-5-3-2-4-6-17)35(31,32)20-10-8-19(9-11-20)25-24(28)12-7-18-13-22-23(34-16-33-22)14-21(18)27(29)30/h2-14H,15-16H2,1H3,(H,25,28)/b12-7+. The van der Waals surface area contributed by atoms with Gasteiger partial charge in [0.25, 0.3) is 5.69 Å². The Morgan fingerprint density at radius 2 is 1.74 bits per heavy atom. The van der Waals surface area contributed by atoms with Crippen LogP contribution >= 0.6 is 0 Å². The van der Waals surface area contributed by atoms with Gasteiger partial charge in [-0.15, -0.1) is 0 Å². The molecule has 0 aromatic heterocycles. The number of carbonyl (C=O) groups excluding carboxylic acids is 1. The monoisotopic (exact) mass is 495 g/mol. The maximum atomic E-state index is 12.9. The summed E-state index contributed by atoms with van der Waals surface area (Å²) in [6.45, 7) is 0.187. The van der Waals surface area contributed by atoms with E-state index in [1.54, 1.807) is 0 Å². The third-order valence-electron chi connectivity index (χ3n) is 5.21. The molecule has 0 spiro atoms. The number of nitrogens with zero attached hydrogens (tertiary/aromatic N) is 2. The van der Waals surface area contributed by atoms with Crippen LogP contribution in [0.15, 0.2) is 77.7 Å². The fourth-order valence-corrected chi connectivity index (χ4v) is 4.56. The van der Waals surface area contributed by atoms with Gasteiger partial charge in [-0.25, -0.2) is 8.42 Å². The van der Waals surface area contributed by atoms with Gasteiger partial charge in [0.1, 0.15) is 0 Å². The first-order valence-corrected chi connectivity index (χ1v) is 11.9. The predicted molar refractivity (Wildman–Crippen MR) is 128 cm³/mol. The van der Waals surface area contributed by atoms with Gasteiger partial charge in [-0.05, 0) is 42.0 Å². The molecule has 1 amide bonds. The zero-order valence-corrected chi connectivity index (χ0v) is 19.4. The van der Waals surface area contributed by atoms with E-state index in [1.165, 1.54) is 53.8 Å². The lowest BCUT2D eigenvalue weighted by Crippen LogP contribution is -2.26. The fourth-order valence-electron chi connectivity index (χ4n) is 3.40. The molecule has 0 saturated heterocycles. The van der Waals surface area contributed by atoms with Gasteiger partial charge in [0, 0.05) is 25.4 Å². The minimum absolute atomic E-state index is 0.0338. The molecular weight excluding hydrogens is 474 g/mol. The molecule has 4 rings (SSSR count). The van der Waals surface area contributed by atoms with E-state index in [4.69, 9.17) is 9.47 Å². The smallest absolute Gasteiger partial charge is 0.280 e. The van der Waals surface area contributed by atoms with Crippen LogP contribution in [0.1, 0.15) is 11.1 Å². The number of ether oxygens (including phenoxy) is 2. The van der Waals surface area contributed by atoms with Crippen molar-refractivity contribution in [1.82, 2.24) is 4.31 Å². The van der Waals surface area contributed by atoms with Gasteiger partial charge in [0.2, 0.25) is 22.7 Å². The van der Waals surface area contributed by atoms with Gasteiger partial charge in [-0.3, -0.25) is 14.9 Å². The minimum atomic E-state index is -3.73. The molecule has 0 bridgehead atoms. The van der Waals surface area contributed by atoms with E-state index >= 15 is 0 Å². The van der Waals surface area contributed by atoms with E-state index in [-0.39, 0.29) is 35.2 Å². The summed E-state index contributed by atoms with van der Waals surface area (Å²) < 4.78 is 37.3. The number of carbonyl (C=O) groups is 1. The van der Waals surface area contributed by atoms with Crippen LogP contribution in [0.2, 0.25) is 0 Å². The van der Waals surface area contributed by atoms with Crippen molar-refractivity contribution < 1.29 is 27.6 Å². The Balaban J connectivity index is 1.43. The number of amides is 1. The summed E-state index contributed by atoms with van der Waals surface area (Å²) in [5, 5.41) is 13.9. The van der Waals surface area contributed by atoms with Crippen molar-refractivity contribution in [2.45, 2.75) is 11.4 Å². The number of benzene rings is 3. The molecule has 1 aliphatic heterocycles. The lowest BCUT2D eigenvalue weighted by atomic mass is 10.1. The SMILES string of the molecule is CN(Cc1ccccc1)S(=O)(=O)c1ccc(NC(=O)/C=C/c2cc3c(cc2[N+](=O)[O-])OCO3)cc1. The molecule has 0 fully saturated rings. The molecule has 10 nitrogen and oxygen atoms in total. The molecule has 1 aliphatic rings. The molecule has 1 heterocycles. The van der Waals surface area contributed by atoms with Crippen molar-refractivity contribution in [3.63, 3.8) is 0 Å². The second-order valence-corrected chi connectivity index (χ2v) is 9.66. The van der Waals surface area contributed by atoms with Gasteiger partial charge in [-0.1, -0.05) is 30.3 Å². The number of hydrogen-bond donors (Lipinski definition) is 1. The largest absolute Gasteiger partial charge is 0.454 e. The number of nitro groups is 1. The van der Waals surface area contributed by atoms with Crippen LogP contribution < -0.4 is 14.8 Å². The molecule has 3 aromatic rings. The van der Waals surface area contributed by atoms with Gasteiger partial charge in [-0.2, -0.15) is 4.31 Å². The summed E-state index contributed by atoms with van der Waals surface area (Å²) >= 11 is 0. The number of rotatable bonds is 8. The van der Waals surface area contributed by atoms with E-state index in [1.807, 2.05) is 30.3 Å². The molecule has 0 saturated carbocycles. The van der Waals surface area contributed by atoms with Crippen LogP contribution in [0.3, 0.4) is 0 Å². The zero-order chi connectivity index (χ0) is 25.0. The van der Waals surface area contributed by atoms with Crippen molar-refractivity contribution in [1.29, 1.82) is 0 Å². The summed E-state index contributed by atoms with van der Waals surface area (Å²) in [4.78, 5) is 23.2. The highest BCUT2D eigenvalue weighted by atomic mass is 32.2. The fraction of sp³-hybridized carbons (Fsp3) is 0.125. The summed E-state index contributed by atoms with van der Waals surface area (Å²) in [5.41, 5.74) is 1.17. The van der Waals surface area contributed by atoms with Crippen LogP contribution in [0.4, 0.5) is 11.4 Å². The first-order chi connectivity index (χ1) is 16.7. The minimum Gasteiger partial charge on any atom is -0.454 e. The number of anilines is 1. The van der Waals surface area contributed by atoms with E-state index in [9.17, 15) is 23.3 Å². The van der Waals surface area contributed by atoms with E-state index < -0.39 is 20.9 Å². The lowest BCUT2D eigenvalue weighted by molar-refractivity contribution is -0.385. The summed E-state index contributed by atoms with van der Waals surface area (Å²) in [6.07, 6.45) is 2.44. The Labute approximate surface area is 201 Å². The second-order valence-electron chi connectivity index (χ2n) is 7.62. The zero-order valence-electron chi connectivity index (χ0n) is 18.6. The van der Waals surface area contributed by atoms with Gasteiger partial charge in [0.05, 0.1) is 21.4 Å². The molecule has 0 aliphatic carbocycles. The van der Waals surface area contributed by atoms with Crippen molar-refractivity contribution in [3.8, 4) is 11.5 Å². The second kappa shape index (κ2) is 9.95. The molecule has 3 aromatic carbocycles. The summed E-state index contributed by atoms with van der Waals surface area (Å²) in [7, 11) is -2.23. The molecule has 0 unspecified atom stereocenters. The van der Waals surface area contributed by atoms with Gasteiger partial charge < -0.3 is 14.8 Å². The van der Waals surface area contributed by atoms with E-state index in [0.29, 0.717) is 11.4 Å². The number of nitro benzene ring substituents is 1. The Morgan fingerprint density at radius 1 is 1.09 bits per heavy atom. The highest BCUT2D eigenvalue weighted by Gasteiger charge is 2.23. The van der Waals surface area contributed by atoms with E-state index in [2.05, 4.69) is 5.32 Å². The molecule has 0 radical (unpaired) electrons. The predicted octanol–water partition coefficient (Wildman–Crippen LogP) is 3.80. The molecule has 35 heavy (non-hydrogen) atoms. The topological polar surface area (TPSA) is 128 Å². The van der Waals surface area contributed by atoms with Crippen LogP contribution in [-0.4, -0.2) is 37.4 Å². The van der Waals surface area contributed by atoms with Crippen molar-refractivity contribution in [2.75, 3.05) is 19.2 Å². The quantitative estimate of drug-likeness (QED) is 0.286. The summed E-state index contributed by atoms with van der Waals surface area (Å²) in [5.74, 6) is 0.0706. The third-order valence-corrected chi connectivity index (χ3v) is 7.03. The lowest BCUT2D eigenvalue weighted by Gasteiger charge is -2.17. The van der Waals surface area contributed by atoms with Crippen LogP contribution in [-0.2, 0) is 21.4 Å². The van der Waals surface area contributed by atoms with Crippen LogP contribution in [0.5, 0.6) is 11.5 Å². The van der Waals surface area contributed by atoms with Crippen molar-refractivity contribution in [2.24, 2.45) is 0 Å². The first kappa shape index (κ1) is 23.9. The normalized spacial score (nSPS) is 12.7.